The fourth-order valence-electron chi connectivity index (χ4n) is 1.92. The highest BCUT2D eigenvalue weighted by Gasteiger charge is 2.33. The summed E-state index contributed by atoms with van der Waals surface area (Å²) in [6.45, 7) is 0.843. The Labute approximate surface area is 133 Å². The molecule has 7 heteroatoms. The van der Waals surface area contributed by atoms with Crippen molar-refractivity contribution in [3.05, 3.63) is 42.7 Å². The Morgan fingerprint density at radius 1 is 1.26 bits per heavy atom. The van der Waals surface area contributed by atoms with Gasteiger partial charge in [0, 0.05) is 6.92 Å². The van der Waals surface area contributed by atoms with E-state index in [9.17, 15) is 14.7 Å². The largest absolute Gasteiger partial charge is 0.492 e. The highest BCUT2D eigenvalue weighted by atomic mass is 16.6. The van der Waals surface area contributed by atoms with Gasteiger partial charge >= 0.3 is 11.9 Å². The number of hydrogen-bond donors (Lipinski definition) is 1. The van der Waals surface area contributed by atoms with Crippen molar-refractivity contribution in [3.8, 4) is 5.75 Å². The smallest absolute Gasteiger partial charge is 0.344 e. The maximum absolute atomic E-state index is 11.8. The average Bonchev–Trinajstić information content (AvgIpc) is 2.54. The first kappa shape index (κ1) is 16.8. The second-order valence-corrected chi connectivity index (χ2v) is 4.85. The van der Waals surface area contributed by atoms with Crippen LogP contribution in [0.2, 0.25) is 0 Å². The number of esters is 2. The van der Waals surface area contributed by atoms with Gasteiger partial charge in [0.1, 0.15) is 18.5 Å². The van der Waals surface area contributed by atoms with Crippen molar-refractivity contribution in [3.63, 3.8) is 0 Å². The minimum atomic E-state index is -1.14. The summed E-state index contributed by atoms with van der Waals surface area (Å²) in [6, 6.07) is 8.82. The van der Waals surface area contributed by atoms with Gasteiger partial charge in [-0.15, -0.1) is 0 Å². The van der Waals surface area contributed by atoms with Crippen molar-refractivity contribution in [2.45, 2.75) is 25.2 Å². The molecule has 1 aliphatic heterocycles. The van der Waals surface area contributed by atoms with Crippen LogP contribution in [0.3, 0.4) is 0 Å². The monoisotopic (exact) mass is 322 g/mol. The molecule has 0 radical (unpaired) electrons. The molecule has 0 saturated carbocycles. The fraction of sp³-hybridized carbons (Fsp3) is 0.375. The lowest BCUT2D eigenvalue weighted by atomic mass is 10.1. The number of carbonyl (C=O) groups excluding carboxylic acids is 2. The van der Waals surface area contributed by atoms with Crippen LogP contribution in [0.4, 0.5) is 0 Å². The number of hydrogen-bond acceptors (Lipinski definition) is 7. The molecule has 0 unspecified atom stereocenters. The molecule has 1 aromatic carbocycles. The van der Waals surface area contributed by atoms with Gasteiger partial charge in [0.05, 0.1) is 6.26 Å². The number of rotatable bonds is 6. The number of aliphatic hydroxyl groups excluding tert-OH is 1. The summed E-state index contributed by atoms with van der Waals surface area (Å²) in [5.74, 6) is -0.573. The predicted molar refractivity (Wildman–Crippen MR) is 78.5 cm³/mol. The maximum atomic E-state index is 11.8. The third-order valence-electron chi connectivity index (χ3n) is 3.06. The second-order valence-electron chi connectivity index (χ2n) is 4.85. The van der Waals surface area contributed by atoms with Crippen LogP contribution in [-0.4, -0.2) is 48.6 Å². The summed E-state index contributed by atoms with van der Waals surface area (Å²) in [5, 5.41) is 10.1. The van der Waals surface area contributed by atoms with Crippen LogP contribution < -0.4 is 4.74 Å². The molecule has 0 aliphatic carbocycles. The lowest BCUT2D eigenvalue weighted by Gasteiger charge is -2.30. The Morgan fingerprint density at radius 3 is 2.70 bits per heavy atom. The van der Waals surface area contributed by atoms with Gasteiger partial charge in [0.25, 0.3) is 0 Å². The highest BCUT2D eigenvalue weighted by Crippen LogP contribution is 2.16. The Bertz CT molecular complexity index is 555. The number of para-hydroxylation sites is 1. The van der Waals surface area contributed by atoms with E-state index in [2.05, 4.69) is 0 Å². The summed E-state index contributed by atoms with van der Waals surface area (Å²) in [4.78, 5) is 22.6. The third kappa shape index (κ3) is 5.30. The van der Waals surface area contributed by atoms with E-state index in [1.165, 1.54) is 19.3 Å². The molecule has 0 aromatic heterocycles. The first-order chi connectivity index (χ1) is 11.1. The zero-order valence-corrected chi connectivity index (χ0v) is 12.6. The minimum Gasteiger partial charge on any atom is -0.492 e. The Hall–Kier alpha value is -2.54. The molecule has 1 aromatic rings. The van der Waals surface area contributed by atoms with Gasteiger partial charge in [-0.25, -0.2) is 4.79 Å². The molecule has 2 rings (SSSR count). The highest BCUT2D eigenvalue weighted by molar-refractivity contribution is 5.71. The van der Waals surface area contributed by atoms with E-state index in [-0.39, 0.29) is 13.2 Å². The van der Waals surface area contributed by atoms with E-state index in [0.717, 1.165) is 0 Å². The van der Waals surface area contributed by atoms with Crippen LogP contribution >= 0.6 is 0 Å². The van der Waals surface area contributed by atoms with Crippen LogP contribution in [0.15, 0.2) is 42.7 Å². The number of aliphatic hydroxyl groups is 1. The van der Waals surface area contributed by atoms with E-state index in [1.54, 1.807) is 24.3 Å². The maximum Gasteiger partial charge on any atom is 0.344 e. The van der Waals surface area contributed by atoms with Crippen molar-refractivity contribution in [2.75, 3.05) is 13.2 Å². The van der Waals surface area contributed by atoms with Crippen molar-refractivity contribution in [1.29, 1.82) is 0 Å². The van der Waals surface area contributed by atoms with Crippen LogP contribution in [0.25, 0.3) is 0 Å². The standard InChI is InChI=1S/C16H18O7/c1-11(17)21-9-14-16(19)13(7-8-20-14)23-15(18)10-22-12-5-3-2-4-6-12/h2-8,13-14,16,19H,9-10H2,1H3/t13-,14-,16+/m1/s1. The molecule has 1 N–H and O–H groups in total. The molecule has 0 saturated heterocycles. The van der Waals surface area contributed by atoms with Gasteiger partial charge in [0.15, 0.2) is 18.8 Å². The van der Waals surface area contributed by atoms with E-state index >= 15 is 0 Å². The van der Waals surface area contributed by atoms with Gasteiger partial charge < -0.3 is 24.1 Å². The van der Waals surface area contributed by atoms with Gasteiger partial charge in [-0.3, -0.25) is 4.79 Å². The average molecular weight is 322 g/mol. The van der Waals surface area contributed by atoms with Crippen LogP contribution in [0, 0.1) is 0 Å². The van der Waals surface area contributed by atoms with Crippen molar-refractivity contribution in [1.82, 2.24) is 0 Å². The fourth-order valence-corrected chi connectivity index (χ4v) is 1.92. The molecule has 23 heavy (non-hydrogen) atoms. The van der Waals surface area contributed by atoms with Crippen LogP contribution in [0.1, 0.15) is 6.92 Å². The summed E-state index contributed by atoms with van der Waals surface area (Å²) < 4.78 is 20.3. The molecule has 0 amide bonds. The first-order valence-electron chi connectivity index (χ1n) is 7.07. The molecule has 3 atom stereocenters. The van der Waals surface area contributed by atoms with E-state index in [4.69, 9.17) is 18.9 Å². The molecular weight excluding hydrogens is 304 g/mol. The van der Waals surface area contributed by atoms with E-state index in [1.807, 2.05) is 6.07 Å². The second kappa shape index (κ2) is 8.19. The molecule has 0 fully saturated rings. The van der Waals surface area contributed by atoms with E-state index < -0.39 is 30.3 Å². The Morgan fingerprint density at radius 2 is 2.00 bits per heavy atom. The zero-order chi connectivity index (χ0) is 16.7. The van der Waals surface area contributed by atoms with Gasteiger partial charge in [-0.2, -0.15) is 0 Å². The van der Waals surface area contributed by atoms with E-state index in [0.29, 0.717) is 5.75 Å². The van der Waals surface area contributed by atoms with Crippen molar-refractivity contribution >= 4 is 11.9 Å². The lowest BCUT2D eigenvalue weighted by molar-refractivity contribution is -0.166. The summed E-state index contributed by atoms with van der Waals surface area (Å²) in [7, 11) is 0. The van der Waals surface area contributed by atoms with Gasteiger partial charge in [-0.05, 0) is 18.2 Å². The van der Waals surface area contributed by atoms with Crippen molar-refractivity contribution in [2.24, 2.45) is 0 Å². The molecular formula is C16H18O7. The normalized spacial score (nSPS) is 22.8. The van der Waals surface area contributed by atoms with Crippen LogP contribution in [0.5, 0.6) is 5.75 Å². The quantitative estimate of drug-likeness (QED) is 0.775. The number of benzene rings is 1. The molecule has 124 valence electrons. The Balaban J connectivity index is 1.81. The summed E-state index contributed by atoms with van der Waals surface area (Å²) >= 11 is 0. The SMILES string of the molecule is CC(=O)OC[C@H]1OC=C[C@@H](OC(=O)COc2ccccc2)[C@@H]1O. The third-order valence-corrected chi connectivity index (χ3v) is 3.06. The summed E-state index contributed by atoms with van der Waals surface area (Å²) in [6.07, 6.45) is -0.111. The Kier molecular flexibility index (Phi) is 5.99. The van der Waals surface area contributed by atoms with Crippen LogP contribution in [-0.2, 0) is 23.8 Å². The minimum absolute atomic E-state index is 0.130. The van der Waals surface area contributed by atoms with Gasteiger partial charge in [-0.1, -0.05) is 18.2 Å². The number of ether oxygens (including phenoxy) is 4. The van der Waals surface area contributed by atoms with Gasteiger partial charge in [0.2, 0.25) is 0 Å². The molecule has 7 nitrogen and oxygen atoms in total. The summed E-state index contributed by atoms with van der Waals surface area (Å²) in [5.41, 5.74) is 0. The molecule has 1 heterocycles. The first-order valence-corrected chi connectivity index (χ1v) is 7.07. The molecule has 0 bridgehead atoms. The molecule has 0 spiro atoms. The topological polar surface area (TPSA) is 91.3 Å². The number of carbonyl (C=O) groups is 2. The predicted octanol–water partition coefficient (Wildman–Crippen LogP) is 0.814. The van der Waals surface area contributed by atoms with Crippen molar-refractivity contribution < 1.29 is 33.6 Å². The molecule has 1 aliphatic rings. The zero-order valence-electron chi connectivity index (χ0n) is 12.6. The lowest BCUT2D eigenvalue weighted by Crippen LogP contribution is -2.45.